The standard InChI is InChI=1S/C24H35N5O6/c1-3-14(2)20(26)23(33)29-11-7-10-18(29)22(32)27-16(12-15-8-5-4-6-9-15)21(31)28-17(24(34)35)13-19(25)30/h4-6,8-9,14,16-18,20H,3,7,10-13,26H2,1-2H3,(H2,25,30)(H,27,32)(H,28,31)(H,34,35). The van der Waals surface area contributed by atoms with Crippen molar-refractivity contribution >= 4 is 29.6 Å². The molecule has 1 aromatic rings. The highest BCUT2D eigenvalue weighted by Crippen LogP contribution is 2.21. The van der Waals surface area contributed by atoms with Gasteiger partial charge in [-0.1, -0.05) is 50.6 Å². The van der Waals surface area contributed by atoms with E-state index in [1.54, 1.807) is 30.3 Å². The van der Waals surface area contributed by atoms with Crippen molar-refractivity contribution in [1.82, 2.24) is 15.5 Å². The van der Waals surface area contributed by atoms with Crippen molar-refractivity contribution in [3.63, 3.8) is 0 Å². The number of nitrogens with zero attached hydrogens (tertiary/aromatic N) is 1. The molecule has 11 heteroatoms. The van der Waals surface area contributed by atoms with E-state index >= 15 is 0 Å². The van der Waals surface area contributed by atoms with Gasteiger partial charge in [0.05, 0.1) is 12.5 Å². The lowest BCUT2D eigenvalue weighted by atomic mass is 9.98. The summed E-state index contributed by atoms with van der Waals surface area (Å²) >= 11 is 0. The average molecular weight is 490 g/mol. The maximum absolute atomic E-state index is 13.2. The normalized spacial score (nSPS) is 18.7. The van der Waals surface area contributed by atoms with Gasteiger partial charge in [-0.2, -0.15) is 0 Å². The summed E-state index contributed by atoms with van der Waals surface area (Å²) in [4.78, 5) is 63.3. The molecule has 0 saturated carbocycles. The second kappa shape index (κ2) is 12.8. The average Bonchev–Trinajstić information content (AvgIpc) is 3.32. The van der Waals surface area contributed by atoms with Crippen LogP contribution in [0, 0.1) is 5.92 Å². The third-order valence-corrected chi connectivity index (χ3v) is 6.32. The van der Waals surface area contributed by atoms with Crippen LogP contribution in [0.15, 0.2) is 30.3 Å². The topological polar surface area (TPSA) is 185 Å². The molecular formula is C24H35N5O6. The fourth-order valence-electron chi connectivity index (χ4n) is 3.99. The molecule has 0 radical (unpaired) electrons. The molecule has 5 unspecified atom stereocenters. The van der Waals surface area contributed by atoms with E-state index in [4.69, 9.17) is 11.5 Å². The molecule has 5 atom stereocenters. The number of likely N-dealkylation sites (tertiary alicyclic amines) is 1. The number of amides is 4. The molecule has 1 heterocycles. The Labute approximate surface area is 204 Å². The van der Waals surface area contributed by atoms with E-state index in [9.17, 15) is 29.1 Å². The van der Waals surface area contributed by atoms with Gasteiger partial charge < -0.3 is 32.1 Å². The number of nitrogens with two attached hydrogens (primary N) is 2. The highest BCUT2D eigenvalue weighted by molar-refractivity contribution is 5.95. The van der Waals surface area contributed by atoms with Crippen LogP contribution in [0.25, 0.3) is 0 Å². The molecule has 4 amide bonds. The summed E-state index contributed by atoms with van der Waals surface area (Å²) in [7, 11) is 0. The van der Waals surface area contributed by atoms with Gasteiger partial charge in [0.25, 0.3) is 0 Å². The Bertz CT molecular complexity index is 924. The molecule has 1 aromatic carbocycles. The lowest BCUT2D eigenvalue weighted by molar-refractivity contribution is -0.144. The Hall–Kier alpha value is -3.47. The van der Waals surface area contributed by atoms with E-state index in [1.165, 1.54) is 4.90 Å². The number of carbonyl (C=O) groups excluding carboxylic acids is 4. The number of rotatable bonds is 12. The monoisotopic (exact) mass is 489 g/mol. The molecule has 11 nitrogen and oxygen atoms in total. The summed E-state index contributed by atoms with van der Waals surface area (Å²) in [5.74, 6) is -3.98. The number of nitrogens with one attached hydrogen (secondary N) is 2. The predicted molar refractivity (Wildman–Crippen MR) is 128 cm³/mol. The molecule has 7 N–H and O–H groups in total. The van der Waals surface area contributed by atoms with Crippen LogP contribution in [0.2, 0.25) is 0 Å². The molecular weight excluding hydrogens is 454 g/mol. The van der Waals surface area contributed by atoms with Gasteiger partial charge in [0.2, 0.25) is 23.6 Å². The van der Waals surface area contributed by atoms with Crippen LogP contribution in [0.3, 0.4) is 0 Å². The molecule has 1 aliphatic heterocycles. The zero-order valence-electron chi connectivity index (χ0n) is 20.1. The molecule has 192 valence electrons. The van der Waals surface area contributed by atoms with Crippen LogP contribution < -0.4 is 22.1 Å². The number of primary amides is 1. The first kappa shape index (κ1) is 27.8. The predicted octanol–water partition coefficient (Wildman–Crippen LogP) is -0.477. The van der Waals surface area contributed by atoms with Crippen molar-refractivity contribution in [2.24, 2.45) is 17.4 Å². The Balaban J connectivity index is 2.20. The van der Waals surface area contributed by atoms with Crippen molar-refractivity contribution in [3.8, 4) is 0 Å². The Morgan fingerprint density at radius 2 is 1.77 bits per heavy atom. The van der Waals surface area contributed by atoms with E-state index < -0.39 is 54.3 Å². The SMILES string of the molecule is CCC(C)C(N)C(=O)N1CCCC1C(=O)NC(Cc1ccccc1)C(=O)NC(CC(N)=O)C(=O)O. The lowest BCUT2D eigenvalue weighted by Crippen LogP contribution is -2.57. The van der Waals surface area contributed by atoms with Crippen LogP contribution in [0.5, 0.6) is 0 Å². The van der Waals surface area contributed by atoms with Crippen LogP contribution >= 0.6 is 0 Å². The van der Waals surface area contributed by atoms with Gasteiger partial charge in [-0.05, 0) is 24.3 Å². The fourth-order valence-corrected chi connectivity index (χ4v) is 3.99. The Morgan fingerprint density at radius 1 is 1.11 bits per heavy atom. The minimum absolute atomic E-state index is 0.0541. The van der Waals surface area contributed by atoms with Crippen LogP contribution in [0.1, 0.15) is 45.1 Å². The molecule has 2 rings (SSSR count). The minimum atomic E-state index is -1.53. The molecule has 0 aromatic heterocycles. The Morgan fingerprint density at radius 3 is 2.34 bits per heavy atom. The number of carboxylic acids is 1. The number of carbonyl (C=O) groups is 5. The van der Waals surface area contributed by atoms with Gasteiger partial charge in [-0.15, -0.1) is 0 Å². The van der Waals surface area contributed by atoms with Crippen LogP contribution in [0.4, 0.5) is 0 Å². The first-order valence-electron chi connectivity index (χ1n) is 11.8. The second-order valence-electron chi connectivity index (χ2n) is 8.92. The molecule has 1 saturated heterocycles. The van der Waals surface area contributed by atoms with E-state index in [-0.39, 0.29) is 18.2 Å². The van der Waals surface area contributed by atoms with Crippen molar-refractivity contribution in [2.75, 3.05) is 6.54 Å². The smallest absolute Gasteiger partial charge is 0.326 e. The number of benzene rings is 1. The van der Waals surface area contributed by atoms with Gasteiger partial charge >= 0.3 is 5.97 Å². The maximum Gasteiger partial charge on any atom is 0.326 e. The zero-order chi connectivity index (χ0) is 26.1. The minimum Gasteiger partial charge on any atom is -0.480 e. The summed E-state index contributed by atoms with van der Waals surface area (Å²) in [5.41, 5.74) is 11.9. The second-order valence-corrected chi connectivity index (χ2v) is 8.92. The summed E-state index contributed by atoms with van der Waals surface area (Å²) in [5, 5.41) is 14.3. The van der Waals surface area contributed by atoms with Crippen molar-refractivity contribution in [2.45, 2.75) is 70.1 Å². The number of carboxylic acid groups (broad SMARTS) is 1. The van der Waals surface area contributed by atoms with Gasteiger partial charge in [0.15, 0.2) is 0 Å². The third-order valence-electron chi connectivity index (χ3n) is 6.32. The summed E-state index contributed by atoms with van der Waals surface area (Å²) < 4.78 is 0. The fraction of sp³-hybridized carbons (Fsp3) is 0.542. The summed E-state index contributed by atoms with van der Waals surface area (Å²) in [6.45, 7) is 4.19. The zero-order valence-corrected chi connectivity index (χ0v) is 20.1. The van der Waals surface area contributed by atoms with Gasteiger partial charge in [-0.3, -0.25) is 19.2 Å². The molecule has 1 aliphatic rings. The maximum atomic E-state index is 13.2. The van der Waals surface area contributed by atoms with Gasteiger partial charge in [0.1, 0.15) is 18.1 Å². The van der Waals surface area contributed by atoms with E-state index in [2.05, 4.69) is 10.6 Å². The van der Waals surface area contributed by atoms with E-state index in [0.717, 1.165) is 5.56 Å². The first-order valence-corrected chi connectivity index (χ1v) is 11.8. The highest BCUT2D eigenvalue weighted by Gasteiger charge is 2.38. The van der Waals surface area contributed by atoms with Crippen LogP contribution in [-0.4, -0.2) is 70.3 Å². The highest BCUT2D eigenvalue weighted by atomic mass is 16.4. The molecule has 1 fully saturated rings. The quantitative estimate of drug-likeness (QED) is 0.262. The number of aliphatic carboxylic acids is 1. The molecule has 35 heavy (non-hydrogen) atoms. The van der Waals surface area contributed by atoms with Gasteiger partial charge in [0, 0.05) is 13.0 Å². The first-order chi connectivity index (χ1) is 16.5. The summed E-state index contributed by atoms with van der Waals surface area (Å²) in [6, 6.07) is 4.68. The molecule has 0 spiro atoms. The van der Waals surface area contributed by atoms with E-state index in [0.29, 0.717) is 25.8 Å². The number of hydrogen-bond donors (Lipinski definition) is 5. The van der Waals surface area contributed by atoms with Crippen LogP contribution in [-0.2, 0) is 30.4 Å². The number of hydrogen-bond acceptors (Lipinski definition) is 6. The third kappa shape index (κ3) is 7.78. The summed E-state index contributed by atoms with van der Waals surface area (Å²) in [6.07, 6.45) is 1.24. The van der Waals surface area contributed by atoms with E-state index in [1.807, 2.05) is 13.8 Å². The largest absolute Gasteiger partial charge is 0.480 e. The van der Waals surface area contributed by atoms with Gasteiger partial charge in [-0.25, -0.2) is 4.79 Å². The van der Waals surface area contributed by atoms with Crippen molar-refractivity contribution < 1.29 is 29.1 Å². The van der Waals surface area contributed by atoms with Crippen molar-refractivity contribution in [3.05, 3.63) is 35.9 Å². The van der Waals surface area contributed by atoms with Crippen molar-refractivity contribution in [1.29, 1.82) is 0 Å². The molecule has 0 aliphatic carbocycles. The lowest BCUT2D eigenvalue weighted by Gasteiger charge is -2.30. The Kier molecular flexibility index (Phi) is 10.2. The molecule has 0 bridgehead atoms.